The van der Waals surface area contributed by atoms with Crippen molar-refractivity contribution in [3.8, 4) is 34.0 Å². The van der Waals surface area contributed by atoms with Crippen molar-refractivity contribution in [2.24, 2.45) is 0 Å². The lowest BCUT2D eigenvalue weighted by Gasteiger charge is -2.25. The molecular formula is C53H38N2O2. The number of benzene rings is 8. The topological polar surface area (TPSA) is 44.2 Å². The Morgan fingerprint density at radius 1 is 0.386 bits per heavy atom. The van der Waals surface area contributed by atoms with Gasteiger partial charge in [0.2, 0.25) is 6.79 Å². The molecule has 57 heavy (non-hydrogen) atoms. The summed E-state index contributed by atoms with van der Waals surface area (Å²) in [7, 11) is 0. The largest absolute Gasteiger partial charge is 0.457 e. The first-order valence-corrected chi connectivity index (χ1v) is 19.8. The van der Waals surface area contributed by atoms with Crippen LogP contribution < -0.4 is 9.47 Å². The quantitative estimate of drug-likeness (QED) is 0.133. The Balaban J connectivity index is 1.01. The van der Waals surface area contributed by atoms with Gasteiger partial charge >= 0.3 is 0 Å². The summed E-state index contributed by atoms with van der Waals surface area (Å²) < 4.78 is 13.7. The van der Waals surface area contributed by atoms with Crippen LogP contribution in [0.1, 0.15) is 49.9 Å². The molecule has 0 fully saturated rings. The van der Waals surface area contributed by atoms with E-state index in [0.717, 1.165) is 55.6 Å². The maximum atomic E-state index is 6.84. The van der Waals surface area contributed by atoms with Gasteiger partial charge in [0.1, 0.15) is 11.5 Å². The summed E-state index contributed by atoms with van der Waals surface area (Å²) >= 11 is 0. The lowest BCUT2D eigenvalue weighted by molar-refractivity contribution is 0.121. The first-order valence-electron chi connectivity index (χ1n) is 19.8. The minimum Gasteiger partial charge on any atom is -0.457 e. The van der Waals surface area contributed by atoms with Gasteiger partial charge in [-0.25, -0.2) is 0 Å². The minimum absolute atomic E-state index is 0.0253. The van der Waals surface area contributed by atoms with Crippen LogP contribution >= 0.6 is 0 Å². The first-order chi connectivity index (χ1) is 27.8. The fraction of sp³-hybridized carbons (Fsp3) is 0.132. The second-order valence-corrected chi connectivity index (χ2v) is 16.9. The van der Waals surface area contributed by atoms with Crippen molar-refractivity contribution in [1.82, 2.24) is 9.97 Å². The minimum atomic E-state index is -0.326. The monoisotopic (exact) mass is 734 g/mol. The molecule has 10 aromatic rings. The summed E-state index contributed by atoms with van der Waals surface area (Å²) in [5, 5.41) is 14.3. The van der Waals surface area contributed by atoms with Crippen LogP contribution in [-0.2, 0) is 10.8 Å². The lowest BCUT2D eigenvalue weighted by atomic mass is 9.78. The number of rotatable bonds is 4. The second-order valence-electron chi connectivity index (χ2n) is 16.9. The van der Waals surface area contributed by atoms with E-state index in [1.54, 1.807) is 0 Å². The molecule has 272 valence electrons. The molecular weight excluding hydrogens is 697 g/mol. The molecule has 4 nitrogen and oxygen atoms in total. The molecule has 0 N–H and O–H groups in total. The molecule has 2 aliphatic carbocycles. The summed E-state index contributed by atoms with van der Waals surface area (Å²) in [6, 6.07) is 48.0. The molecule has 0 spiro atoms. The predicted molar refractivity (Wildman–Crippen MR) is 235 cm³/mol. The zero-order valence-corrected chi connectivity index (χ0v) is 32.3. The smallest absolute Gasteiger partial charge is 0.230 e. The van der Waals surface area contributed by atoms with Crippen LogP contribution in [-0.4, -0.2) is 16.8 Å². The van der Waals surface area contributed by atoms with E-state index in [9.17, 15) is 0 Å². The SMILES string of the molecule is CC1(C)c2c(ncc3cc4ccccc4cc23)-c2c(OCOc3cc4ccccc4c4c3-c3ncc5cc6ccccc6cc5c3C4(C)C)cc3ccccc3c21. The standard InChI is InChI=1S/C53H38N2O2/c1-52(2)46-38-19-11-9-17-34(38)25-42(44(46)50-48(52)40-23-32-15-7-5-13-30(32)21-36(40)27-54-50)56-29-57-43-26-35-18-10-12-20-39(35)47-45(43)51-49(53(47,3)4)41-24-33-16-8-6-14-31(33)22-37(41)28-55-51/h5-28H,29H2,1-4H3. The maximum Gasteiger partial charge on any atom is 0.230 e. The first kappa shape index (κ1) is 32.5. The Morgan fingerprint density at radius 2 is 0.754 bits per heavy atom. The molecule has 0 aliphatic heterocycles. The molecule has 2 heterocycles. The molecule has 0 bridgehead atoms. The van der Waals surface area contributed by atoms with Crippen LogP contribution in [0.3, 0.4) is 0 Å². The van der Waals surface area contributed by atoms with Crippen molar-refractivity contribution in [1.29, 1.82) is 0 Å². The molecule has 0 unspecified atom stereocenters. The number of nitrogens with zero attached hydrogens (tertiary/aromatic N) is 2. The van der Waals surface area contributed by atoms with Crippen molar-refractivity contribution in [3.63, 3.8) is 0 Å². The Bertz CT molecular complexity index is 3170. The van der Waals surface area contributed by atoms with Crippen LogP contribution in [0.25, 0.3) is 87.1 Å². The Morgan fingerprint density at radius 3 is 1.18 bits per heavy atom. The molecule has 0 saturated heterocycles. The normalized spacial score (nSPS) is 14.7. The van der Waals surface area contributed by atoms with Crippen LogP contribution in [0.2, 0.25) is 0 Å². The third-order valence-corrected chi connectivity index (χ3v) is 12.9. The highest BCUT2D eigenvalue weighted by Crippen LogP contribution is 2.58. The zero-order chi connectivity index (χ0) is 38.2. The van der Waals surface area contributed by atoms with Crippen LogP contribution in [0.4, 0.5) is 0 Å². The Hall–Kier alpha value is -6.78. The highest BCUT2D eigenvalue weighted by atomic mass is 16.7. The van der Waals surface area contributed by atoms with E-state index >= 15 is 0 Å². The summed E-state index contributed by atoms with van der Waals surface area (Å²) in [6.45, 7) is 9.35. The highest BCUT2D eigenvalue weighted by Gasteiger charge is 2.43. The highest BCUT2D eigenvalue weighted by molar-refractivity contribution is 6.09. The number of fused-ring (bicyclic) bond motifs is 16. The van der Waals surface area contributed by atoms with E-state index in [1.165, 1.54) is 65.3 Å². The van der Waals surface area contributed by atoms with Gasteiger partial charge in [0, 0.05) is 45.1 Å². The van der Waals surface area contributed by atoms with E-state index in [-0.39, 0.29) is 17.6 Å². The Labute approximate surface area is 330 Å². The molecule has 0 atom stereocenters. The fourth-order valence-corrected chi connectivity index (χ4v) is 10.5. The van der Waals surface area contributed by atoms with Gasteiger partial charge in [0.15, 0.2) is 0 Å². The van der Waals surface area contributed by atoms with Gasteiger partial charge in [-0.1, -0.05) is 125 Å². The fourth-order valence-electron chi connectivity index (χ4n) is 10.5. The summed E-state index contributed by atoms with van der Waals surface area (Å²) in [6.07, 6.45) is 4.05. The maximum absolute atomic E-state index is 6.84. The zero-order valence-electron chi connectivity index (χ0n) is 32.3. The average molecular weight is 735 g/mol. The van der Waals surface area contributed by atoms with E-state index < -0.39 is 0 Å². The number of hydrogen-bond donors (Lipinski definition) is 0. The number of hydrogen-bond acceptors (Lipinski definition) is 4. The van der Waals surface area contributed by atoms with Gasteiger partial charge in [-0.05, 0) is 113 Å². The molecule has 2 aliphatic rings. The number of aromatic nitrogens is 2. The van der Waals surface area contributed by atoms with Crippen molar-refractivity contribution in [2.45, 2.75) is 38.5 Å². The van der Waals surface area contributed by atoms with Crippen molar-refractivity contribution < 1.29 is 9.47 Å². The second kappa shape index (κ2) is 11.4. The molecule has 0 radical (unpaired) electrons. The van der Waals surface area contributed by atoms with E-state index in [1.807, 2.05) is 12.4 Å². The van der Waals surface area contributed by atoms with Gasteiger partial charge < -0.3 is 9.47 Å². The summed E-state index contributed by atoms with van der Waals surface area (Å²) in [4.78, 5) is 10.4. The molecule has 4 heteroatoms. The Kier molecular flexibility index (Phi) is 6.49. The van der Waals surface area contributed by atoms with Crippen molar-refractivity contribution >= 4 is 64.6 Å². The van der Waals surface area contributed by atoms with Gasteiger partial charge in [-0.15, -0.1) is 0 Å². The van der Waals surface area contributed by atoms with E-state index in [2.05, 4.69) is 161 Å². The average Bonchev–Trinajstić information content (AvgIpc) is 3.63. The predicted octanol–water partition coefficient (Wildman–Crippen LogP) is 13.4. The van der Waals surface area contributed by atoms with Crippen molar-refractivity contribution in [3.05, 3.63) is 168 Å². The van der Waals surface area contributed by atoms with Crippen LogP contribution in [0, 0.1) is 0 Å². The van der Waals surface area contributed by atoms with Gasteiger partial charge in [0.25, 0.3) is 0 Å². The number of pyridine rings is 2. The van der Waals surface area contributed by atoms with Crippen LogP contribution in [0.15, 0.2) is 146 Å². The van der Waals surface area contributed by atoms with Gasteiger partial charge in [0.05, 0.1) is 11.4 Å². The van der Waals surface area contributed by atoms with Gasteiger partial charge in [-0.2, -0.15) is 0 Å². The molecule has 0 amide bonds. The molecule has 12 rings (SSSR count). The molecule has 8 aromatic carbocycles. The summed E-state index contributed by atoms with van der Waals surface area (Å²) in [5.74, 6) is 1.55. The summed E-state index contributed by atoms with van der Waals surface area (Å²) in [5.41, 5.74) is 8.34. The molecule has 2 aromatic heterocycles. The lowest BCUT2D eigenvalue weighted by Crippen LogP contribution is -2.17. The molecule has 0 saturated carbocycles. The van der Waals surface area contributed by atoms with Gasteiger partial charge in [-0.3, -0.25) is 9.97 Å². The van der Waals surface area contributed by atoms with E-state index in [4.69, 9.17) is 19.4 Å². The third kappa shape index (κ3) is 4.44. The van der Waals surface area contributed by atoms with Crippen LogP contribution in [0.5, 0.6) is 11.5 Å². The van der Waals surface area contributed by atoms with E-state index in [0.29, 0.717) is 0 Å². The third-order valence-electron chi connectivity index (χ3n) is 12.9. The number of ether oxygens (including phenoxy) is 2. The van der Waals surface area contributed by atoms with Crippen molar-refractivity contribution in [2.75, 3.05) is 6.79 Å².